The maximum Gasteiger partial charge on any atom is 0.416 e. The van der Waals surface area contributed by atoms with Gasteiger partial charge in [-0.2, -0.15) is 13.2 Å². The summed E-state index contributed by atoms with van der Waals surface area (Å²) < 4.78 is 42.8. The second kappa shape index (κ2) is 5.47. The van der Waals surface area contributed by atoms with Crippen molar-refractivity contribution >= 4 is 11.7 Å². The lowest BCUT2D eigenvalue weighted by molar-refractivity contribution is -0.137. The maximum absolute atomic E-state index is 12.8. The third kappa shape index (κ3) is 3.34. The second-order valence-corrected chi connectivity index (χ2v) is 4.41. The van der Waals surface area contributed by atoms with Gasteiger partial charge in [0.1, 0.15) is 0 Å². The number of hydrogen-bond donors (Lipinski definition) is 1. The Labute approximate surface area is 119 Å². The van der Waals surface area contributed by atoms with E-state index >= 15 is 0 Å². The van der Waals surface area contributed by atoms with Crippen molar-refractivity contribution in [3.8, 4) is 11.1 Å². The number of rotatable bonds is 2. The lowest BCUT2D eigenvalue weighted by atomic mass is 10.0. The Hall–Kier alpha value is -2.50. The van der Waals surface area contributed by atoms with Gasteiger partial charge in [0.05, 0.1) is 18.2 Å². The molecule has 0 radical (unpaired) electrons. The van der Waals surface area contributed by atoms with E-state index < -0.39 is 17.7 Å². The summed E-state index contributed by atoms with van der Waals surface area (Å²) >= 11 is 0. The first-order valence-electron chi connectivity index (χ1n) is 5.98. The minimum atomic E-state index is -4.46. The Morgan fingerprint density at radius 2 is 1.67 bits per heavy atom. The van der Waals surface area contributed by atoms with Gasteiger partial charge in [0.2, 0.25) is 0 Å². The Morgan fingerprint density at radius 1 is 1.05 bits per heavy atom. The Morgan fingerprint density at radius 3 is 2.19 bits per heavy atom. The maximum atomic E-state index is 12.8. The number of benzene rings is 2. The van der Waals surface area contributed by atoms with Crippen LogP contribution < -0.4 is 5.73 Å². The van der Waals surface area contributed by atoms with E-state index in [0.29, 0.717) is 16.7 Å². The quantitative estimate of drug-likeness (QED) is 0.678. The molecule has 0 atom stereocenters. The summed E-state index contributed by atoms with van der Waals surface area (Å²) in [6, 6.07) is 9.40. The van der Waals surface area contributed by atoms with Crippen molar-refractivity contribution in [3.05, 3.63) is 53.6 Å². The van der Waals surface area contributed by atoms with Crippen LogP contribution in [0.5, 0.6) is 0 Å². The number of esters is 1. The predicted molar refractivity (Wildman–Crippen MR) is 72.6 cm³/mol. The molecule has 0 unspecified atom stereocenters. The van der Waals surface area contributed by atoms with Crippen LogP contribution in [0.4, 0.5) is 18.9 Å². The fraction of sp³-hybridized carbons (Fsp3) is 0.133. The Bertz CT molecular complexity index is 664. The number of halogens is 3. The third-order valence-corrected chi connectivity index (χ3v) is 2.92. The molecule has 2 N–H and O–H groups in total. The number of hydrogen-bond acceptors (Lipinski definition) is 3. The van der Waals surface area contributed by atoms with Gasteiger partial charge in [0, 0.05) is 5.69 Å². The van der Waals surface area contributed by atoms with E-state index in [1.807, 2.05) is 0 Å². The van der Waals surface area contributed by atoms with E-state index in [2.05, 4.69) is 4.74 Å². The molecule has 0 saturated carbocycles. The van der Waals surface area contributed by atoms with Crippen LogP contribution >= 0.6 is 0 Å². The van der Waals surface area contributed by atoms with Crippen LogP contribution in [0, 0.1) is 0 Å². The zero-order valence-electron chi connectivity index (χ0n) is 11.1. The van der Waals surface area contributed by atoms with E-state index in [1.54, 1.807) is 12.1 Å². The fourth-order valence-corrected chi connectivity index (χ4v) is 1.90. The molecule has 0 aromatic heterocycles. The normalized spacial score (nSPS) is 11.2. The van der Waals surface area contributed by atoms with E-state index in [1.165, 1.54) is 25.3 Å². The molecule has 0 aliphatic rings. The molecule has 0 aliphatic heterocycles. The van der Waals surface area contributed by atoms with Crippen LogP contribution in [0.3, 0.4) is 0 Å². The highest BCUT2D eigenvalue weighted by Crippen LogP contribution is 2.34. The molecule has 0 aliphatic carbocycles. The third-order valence-electron chi connectivity index (χ3n) is 2.92. The molecule has 2 aromatic rings. The van der Waals surface area contributed by atoms with Crippen LogP contribution in [0.15, 0.2) is 42.5 Å². The number of methoxy groups -OCH3 is 1. The Balaban J connectivity index is 2.42. The van der Waals surface area contributed by atoms with E-state index in [4.69, 9.17) is 5.73 Å². The first-order valence-corrected chi connectivity index (χ1v) is 5.98. The van der Waals surface area contributed by atoms with Crippen LogP contribution in [-0.2, 0) is 10.9 Å². The highest BCUT2D eigenvalue weighted by Gasteiger charge is 2.31. The molecule has 2 aromatic carbocycles. The summed E-state index contributed by atoms with van der Waals surface area (Å²) in [6.07, 6.45) is -4.46. The number of carbonyl (C=O) groups is 1. The average molecular weight is 295 g/mol. The molecule has 21 heavy (non-hydrogen) atoms. The largest absolute Gasteiger partial charge is 0.465 e. The molecule has 0 amide bonds. The van der Waals surface area contributed by atoms with Crippen molar-refractivity contribution in [1.29, 1.82) is 0 Å². The van der Waals surface area contributed by atoms with Gasteiger partial charge in [-0.1, -0.05) is 12.1 Å². The van der Waals surface area contributed by atoms with Crippen molar-refractivity contribution in [2.45, 2.75) is 6.18 Å². The predicted octanol–water partition coefficient (Wildman–Crippen LogP) is 3.74. The van der Waals surface area contributed by atoms with E-state index in [-0.39, 0.29) is 5.69 Å². The summed E-state index contributed by atoms with van der Waals surface area (Å²) in [6.45, 7) is 0. The van der Waals surface area contributed by atoms with Crippen molar-refractivity contribution in [2.75, 3.05) is 12.8 Å². The highest BCUT2D eigenvalue weighted by molar-refractivity contribution is 5.90. The van der Waals surface area contributed by atoms with E-state index in [9.17, 15) is 18.0 Å². The van der Waals surface area contributed by atoms with E-state index in [0.717, 1.165) is 12.1 Å². The number of nitrogen functional groups attached to an aromatic ring is 1. The monoisotopic (exact) mass is 295 g/mol. The van der Waals surface area contributed by atoms with Crippen LogP contribution in [-0.4, -0.2) is 13.1 Å². The van der Waals surface area contributed by atoms with Gasteiger partial charge in [-0.3, -0.25) is 0 Å². The minimum Gasteiger partial charge on any atom is -0.465 e. The number of anilines is 1. The fourth-order valence-electron chi connectivity index (χ4n) is 1.90. The Kier molecular flexibility index (Phi) is 3.88. The molecule has 2 rings (SSSR count). The van der Waals surface area contributed by atoms with Crippen LogP contribution in [0.2, 0.25) is 0 Å². The zero-order valence-corrected chi connectivity index (χ0v) is 11.1. The molecular formula is C15H12F3NO2. The average Bonchev–Trinajstić information content (AvgIpc) is 2.45. The number of carbonyl (C=O) groups excluding carboxylic acids is 1. The number of nitrogens with two attached hydrogens (primary N) is 1. The standard InChI is InChI=1S/C15H12F3NO2/c1-21-14(20)10-4-2-9(3-5-10)11-6-12(15(16,17)18)8-13(19)7-11/h2-8H,19H2,1H3. The summed E-state index contributed by atoms with van der Waals surface area (Å²) in [5.41, 5.74) is 5.91. The second-order valence-electron chi connectivity index (χ2n) is 4.41. The minimum absolute atomic E-state index is 0.0249. The van der Waals surface area contributed by atoms with Crippen molar-refractivity contribution in [3.63, 3.8) is 0 Å². The molecule has 0 heterocycles. The smallest absolute Gasteiger partial charge is 0.416 e. The number of alkyl halides is 3. The van der Waals surface area contributed by atoms with Crippen molar-refractivity contribution in [2.24, 2.45) is 0 Å². The SMILES string of the molecule is COC(=O)c1ccc(-c2cc(N)cc(C(F)(F)F)c2)cc1. The van der Waals surface area contributed by atoms with Gasteiger partial charge >= 0.3 is 12.1 Å². The lowest BCUT2D eigenvalue weighted by Crippen LogP contribution is -2.06. The van der Waals surface area contributed by atoms with Gasteiger partial charge in [-0.05, 0) is 41.5 Å². The summed E-state index contributed by atoms with van der Waals surface area (Å²) in [5.74, 6) is -0.509. The topological polar surface area (TPSA) is 52.3 Å². The zero-order chi connectivity index (χ0) is 15.6. The van der Waals surface area contributed by atoms with Gasteiger partial charge in [0.15, 0.2) is 0 Å². The van der Waals surface area contributed by atoms with Gasteiger partial charge in [-0.25, -0.2) is 4.79 Å². The first-order chi connectivity index (χ1) is 9.81. The molecule has 0 spiro atoms. The molecule has 0 saturated heterocycles. The molecule has 6 heteroatoms. The van der Waals surface area contributed by atoms with Crippen LogP contribution in [0.1, 0.15) is 15.9 Å². The molecule has 0 fully saturated rings. The van der Waals surface area contributed by atoms with Crippen molar-refractivity contribution in [1.82, 2.24) is 0 Å². The van der Waals surface area contributed by atoms with Gasteiger partial charge < -0.3 is 10.5 Å². The van der Waals surface area contributed by atoms with Crippen LogP contribution in [0.25, 0.3) is 11.1 Å². The van der Waals surface area contributed by atoms with Gasteiger partial charge in [0.25, 0.3) is 0 Å². The molecule has 110 valence electrons. The number of ether oxygens (including phenoxy) is 1. The van der Waals surface area contributed by atoms with Crippen molar-refractivity contribution < 1.29 is 22.7 Å². The molecule has 3 nitrogen and oxygen atoms in total. The van der Waals surface area contributed by atoms with Gasteiger partial charge in [-0.15, -0.1) is 0 Å². The summed E-state index contributed by atoms with van der Waals surface area (Å²) in [4.78, 5) is 11.3. The lowest BCUT2D eigenvalue weighted by Gasteiger charge is -2.11. The summed E-state index contributed by atoms with van der Waals surface area (Å²) in [5, 5.41) is 0. The molecular weight excluding hydrogens is 283 g/mol. The molecule has 0 bridgehead atoms. The summed E-state index contributed by atoms with van der Waals surface area (Å²) in [7, 11) is 1.25. The first kappa shape index (κ1) is 14.9. The highest BCUT2D eigenvalue weighted by atomic mass is 19.4.